The molecule has 0 bridgehead atoms. The van der Waals surface area contributed by atoms with E-state index in [4.69, 9.17) is 5.53 Å². The van der Waals surface area contributed by atoms with Crippen molar-refractivity contribution >= 4 is 11.6 Å². The molecule has 22 heavy (non-hydrogen) atoms. The Balaban J connectivity index is 2.36. The Morgan fingerprint density at radius 1 is 1.27 bits per heavy atom. The first kappa shape index (κ1) is 16.3. The second kappa shape index (κ2) is 7.29. The maximum absolute atomic E-state index is 12.5. The van der Waals surface area contributed by atoms with Crippen LogP contribution >= 0.6 is 0 Å². The van der Waals surface area contributed by atoms with Gasteiger partial charge in [0.15, 0.2) is 0 Å². The number of likely N-dealkylation sites (N-methyl/N-ethyl adjacent to an activating group) is 1. The van der Waals surface area contributed by atoms with Crippen LogP contribution in [-0.2, 0) is 4.79 Å². The number of amides is 1. The number of rotatable bonds is 5. The monoisotopic (exact) mass is 301 g/mol. The van der Waals surface area contributed by atoms with E-state index in [1.165, 1.54) is 0 Å². The minimum atomic E-state index is -0.0572. The first-order valence-electron chi connectivity index (χ1n) is 7.66. The van der Waals surface area contributed by atoms with Gasteiger partial charge in [-0.05, 0) is 44.6 Å². The number of nitrogens with zero attached hydrogens (tertiary/aromatic N) is 5. The van der Waals surface area contributed by atoms with Crippen molar-refractivity contribution in [3.8, 4) is 0 Å². The molecule has 2 rings (SSSR count). The van der Waals surface area contributed by atoms with Crippen LogP contribution in [0.5, 0.6) is 0 Å². The minimum Gasteiger partial charge on any atom is -0.308 e. The molecular formula is C16H23N5O. The molecule has 6 nitrogen and oxygen atoms in total. The molecule has 0 aromatic heterocycles. The van der Waals surface area contributed by atoms with Crippen LogP contribution in [-0.4, -0.2) is 43.0 Å². The average Bonchev–Trinajstić information content (AvgIpc) is 2.92. The van der Waals surface area contributed by atoms with E-state index >= 15 is 0 Å². The van der Waals surface area contributed by atoms with Gasteiger partial charge in [0.2, 0.25) is 5.91 Å². The molecule has 0 aliphatic heterocycles. The smallest absolute Gasteiger partial charge is 0.227 e. The Bertz CT molecular complexity index is 553. The van der Waals surface area contributed by atoms with Crippen molar-refractivity contribution in [2.24, 2.45) is 5.11 Å². The summed E-state index contributed by atoms with van der Waals surface area (Å²) in [5.74, 6) is 0.102. The number of benzene rings is 1. The molecule has 118 valence electrons. The average molecular weight is 301 g/mol. The maximum atomic E-state index is 12.5. The van der Waals surface area contributed by atoms with Crippen LogP contribution in [0.25, 0.3) is 10.4 Å². The number of azide groups is 1. The van der Waals surface area contributed by atoms with Crippen LogP contribution in [0.2, 0.25) is 0 Å². The summed E-state index contributed by atoms with van der Waals surface area (Å²) in [7, 11) is 4.02. The van der Waals surface area contributed by atoms with E-state index in [0.717, 1.165) is 12.1 Å². The predicted molar refractivity (Wildman–Crippen MR) is 87.7 cm³/mol. The van der Waals surface area contributed by atoms with Gasteiger partial charge >= 0.3 is 0 Å². The molecule has 0 heterocycles. The van der Waals surface area contributed by atoms with E-state index < -0.39 is 0 Å². The van der Waals surface area contributed by atoms with E-state index in [0.29, 0.717) is 12.8 Å². The number of hydrogen-bond donors (Lipinski definition) is 0. The van der Waals surface area contributed by atoms with Gasteiger partial charge in [-0.25, -0.2) is 0 Å². The lowest BCUT2D eigenvalue weighted by molar-refractivity contribution is -0.119. The summed E-state index contributed by atoms with van der Waals surface area (Å²) in [6.07, 6.45) is 1.94. The molecule has 1 aliphatic carbocycles. The molecule has 1 aliphatic rings. The van der Waals surface area contributed by atoms with Gasteiger partial charge in [-0.2, -0.15) is 0 Å². The highest BCUT2D eigenvalue weighted by atomic mass is 16.2. The molecule has 0 radical (unpaired) electrons. The van der Waals surface area contributed by atoms with Crippen LogP contribution in [0, 0.1) is 0 Å². The molecule has 0 saturated heterocycles. The van der Waals surface area contributed by atoms with Gasteiger partial charge in [0.1, 0.15) is 0 Å². The van der Waals surface area contributed by atoms with E-state index in [2.05, 4.69) is 14.9 Å². The zero-order valence-corrected chi connectivity index (χ0v) is 13.4. The van der Waals surface area contributed by atoms with Crippen molar-refractivity contribution in [2.75, 3.05) is 19.0 Å². The largest absolute Gasteiger partial charge is 0.308 e. The van der Waals surface area contributed by atoms with Crippen molar-refractivity contribution in [1.29, 1.82) is 0 Å². The number of anilines is 1. The normalized spacial score (nSPS) is 24.1. The Hall–Kier alpha value is -2.04. The van der Waals surface area contributed by atoms with E-state index in [1.54, 1.807) is 0 Å². The van der Waals surface area contributed by atoms with Crippen molar-refractivity contribution in [1.82, 2.24) is 4.90 Å². The summed E-state index contributed by atoms with van der Waals surface area (Å²) in [6, 6.07) is 9.90. The third-order valence-corrected chi connectivity index (χ3v) is 4.29. The first-order chi connectivity index (χ1) is 10.6. The van der Waals surface area contributed by atoms with Crippen LogP contribution in [0.1, 0.15) is 26.2 Å². The molecule has 0 spiro atoms. The van der Waals surface area contributed by atoms with Gasteiger partial charge in [-0.1, -0.05) is 30.2 Å². The molecule has 3 atom stereocenters. The minimum absolute atomic E-state index is 0.0281. The topological polar surface area (TPSA) is 72.3 Å². The number of hydrogen-bond acceptors (Lipinski definition) is 3. The molecule has 1 amide bonds. The Morgan fingerprint density at radius 3 is 2.45 bits per heavy atom. The third kappa shape index (κ3) is 3.40. The highest BCUT2D eigenvalue weighted by Crippen LogP contribution is 2.33. The molecule has 1 fully saturated rings. The number of para-hydroxylation sites is 1. The van der Waals surface area contributed by atoms with E-state index in [9.17, 15) is 4.79 Å². The second-order valence-electron chi connectivity index (χ2n) is 5.88. The quantitative estimate of drug-likeness (QED) is 0.476. The highest BCUT2D eigenvalue weighted by molar-refractivity contribution is 5.94. The van der Waals surface area contributed by atoms with Gasteiger partial charge in [0.25, 0.3) is 0 Å². The van der Waals surface area contributed by atoms with E-state index in [1.807, 2.05) is 56.3 Å². The fraction of sp³-hybridized carbons (Fsp3) is 0.562. The fourth-order valence-corrected chi connectivity index (χ4v) is 3.25. The zero-order chi connectivity index (χ0) is 16.1. The summed E-state index contributed by atoms with van der Waals surface area (Å²) >= 11 is 0. The summed E-state index contributed by atoms with van der Waals surface area (Å²) < 4.78 is 0. The lowest BCUT2D eigenvalue weighted by Gasteiger charge is -2.36. The van der Waals surface area contributed by atoms with Crippen molar-refractivity contribution in [2.45, 2.75) is 44.3 Å². The van der Waals surface area contributed by atoms with Crippen LogP contribution in [0.3, 0.4) is 0 Å². The van der Waals surface area contributed by atoms with Gasteiger partial charge in [0, 0.05) is 29.1 Å². The molecule has 1 aromatic rings. The Kier molecular flexibility index (Phi) is 5.41. The van der Waals surface area contributed by atoms with Gasteiger partial charge in [-0.3, -0.25) is 4.79 Å². The standard InChI is InChI=1S/C16H23N5O/c1-4-16(22)21(13-8-6-5-7-9-13)15-11-12(18-19-17)10-14(15)20(2)3/h5-9,12,14-15H,4,10-11H2,1-3H3. The lowest BCUT2D eigenvalue weighted by atomic mass is 10.1. The SMILES string of the molecule is CCC(=O)N(c1ccccc1)C1CC(N=[N+]=[N-])CC1N(C)C. The van der Waals surface area contributed by atoms with Gasteiger partial charge in [0.05, 0.1) is 6.04 Å². The zero-order valence-electron chi connectivity index (χ0n) is 13.4. The van der Waals surface area contributed by atoms with Crippen LogP contribution < -0.4 is 4.90 Å². The van der Waals surface area contributed by atoms with E-state index in [-0.39, 0.29) is 24.0 Å². The third-order valence-electron chi connectivity index (χ3n) is 4.29. The molecule has 1 saturated carbocycles. The number of carbonyl (C=O) groups is 1. The van der Waals surface area contributed by atoms with Crippen molar-refractivity contribution < 1.29 is 4.79 Å². The van der Waals surface area contributed by atoms with Gasteiger partial charge < -0.3 is 9.80 Å². The fourth-order valence-electron chi connectivity index (χ4n) is 3.25. The summed E-state index contributed by atoms with van der Waals surface area (Å²) in [6.45, 7) is 1.88. The van der Waals surface area contributed by atoms with Crippen LogP contribution in [0.4, 0.5) is 5.69 Å². The number of carbonyl (C=O) groups excluding carboxylic acids is 1. The molecule has 6 heteroatoms. The lowest BCUT2D eigenvalue weighted by Crippen LogP contribution is -2.49. The van der Waals surface area contributed by atoms with Crippen molar-refractivity contribution in [3.05, 3.63) is 40.8 Å². The Labute approximate surface area is 131 Å². The molecule has 1 aromatic carbocycles. The molecule has 3 unspecified atom stereocenters. The summed E-state index contributed by atoms with van der Waals surface area (Å²) in [5, 5.41) is 3.88. The maximum Gasteiger partial charge on any atom is 0.227 e. The first-order valence-corrected chi connectivity index (χ1v) is 7.66. The predicted octanol–water partition coefficient (Wildman–Crippen LogP) is 3.20. The summed E-state index contributed by atoms with van der Waals surface area (Å²) in [5.41, 5.74) is 9.62. The molecule has 0 N–H and O–H groups in total. The van der Waals surface area contributed by atoms with Crippen LogP contribution in [0.15, 0.2) is 35.4 Å². The van der Waals surface area contributed by atoms with Gasteiger partial charge in [-0.15, -0.1) is 0 Å². The van der Waals surface area contributed by atoms with Crippen molar-refractivity contribution in [3.63, 3.8) is 0 Å². The Morgan fingerprint density at radius 2 is 1.91 bits per heavy atom. The second-order valence-corrected chi connectivity index (χ2v) is 5.88. The highest BCUT2D eigenvalue weighted by Gasteiger charge is 2.40. The summed E-state index contributed by atoms with van der Waals surface area (Å²) in [4.78, 5) is 19.5. The molecular weight excluding hydrogens is 278 g/mol.